The van der Waals surface area contributed by atoms with Gasteiger partial charge < -0.3 is 15.4 Å². The van der Waals surface area contributed by atoms with Crippen molar-refractivity contribution in [1.29, 1.82) is 0 Å². The van der Waals surface area contributed by atoms with E-state index in [0.29, 0.717) is 18.5 Å². The smallest absolute Gasteiger partial charge is 0.407 e. The maximum Gasteiger partial charge on any atom is 0.407 e. The zero-order valence-corrected chi connectivity index (χ0v) is 22.4. The normalized spacial score (nSPS) is 13.1. The molecule has 3 rings (SSSR count). The maximum absolute atomic E-state index is 13.2. The van der Waals surface area contributed by atoms with Crippen molar-refractivity contribution in [1.82, 2.24) is 15.6 Å². The lowest BCUT2D eigenvalue weighted by molar-refractivity contribution is -0.124. The van der Waals surface area contributed by atoms with Gasteiger partial charge in [0.15, 0.2) is 0 Å². The van der Waals surface area contributed by atoms with Gasteiger partial charge in [0.05, 0.1) is 29.4 Å². The van der Waals surface area contributed by atoms with Gasteiger partial charge in [0.25, 0.3) is 0 Å². The molecule has 2 unspecified atom stereocenters. The largest absolute Gasteiger partial charge is 0.453 e. The quantitative estimate of drug-likeness (QED) is 0.260. The molecule has 36 heavy (non-hydrogen) atoms. The van der Waals surface area contributed by atoms with Gasteiger partial charge in [-0.3, -0.25) is 14.1 Å². The molecule has 194 valence electrons. The number of alkyl carbamates (subject to hydrolysis) is 1. The van der Waals surface area contributed by atoms with Gasteiger partial charge in [-0.1, -0.05) is 32.0 Å². The predicted octanol–water partition coefficient (Wildman–Crippen LogP) is 4.26. The Morgan fingerprint density at radius 2 is 1.83 bits per heavy atom. The summed E-state index contributed by atoms with van der Waals surface area (Å²) < 4.78 is 37.8. The van der Waals surface area contributed by atoms with Gasteiger partial charge in [-0.15, -0.1) is 22.7 Å². The molecule has 4 N–H and O–H groups in total. The lowest BCUT2D eigenvalue weighted by atomic mass is 10.0. The number of nitrogens with one attached hydrogen (secondary N) is 3. The molecule has 0 bridgehead atoms. The van der Waals surface area contributed by atoms with Crippen LogP contribution in [0.1, 0.15) is 37.6 Å². The van der Waals surface area contributed by atoms with Crippen LogP contribution in [0.5, 0.6) is 0 Å². The fourth-order valence-corrected chi connectivity index (χ4v) is 5.58. The molecule has 2 heterocycles. The molecule has 1 aromatic carbocycles. The fraction of sp³-hybridized carbons (Fsp3) is 0.348. The molecule has 13 heteroatoms. The molecule has 2 amide bonds. The second-order valence-corrected chi connectivity index (χ2v) is 11.4. The van der Waals surface area contributed by atoms with Crippen LogP contribution < -0.4 is 15.4 Å². The van der Waals surface area contributed by atoms with Crippen LogP contribution in [-0.4, -0.2) is 43.1 Å². The molecular formula is C23H28N4O6S3. The van der Waals surface area contributed by atoms with Gasteiger partial charge in [-0.2, -0.15) is 8.42 Å². The average Bonchev–Trinajstić information content (AvgIpc) is 3.50. The van der Waals surface area contributed by atoms with E-state index < -0.39 is 28.5 Å². The van der Waals surface area contributed by atoms with E-state index in [9.17, 15) is 18.0 Å². The van der Waals surface area contributed by atoms with E-state index in [1.807, 2.05) is 41.5 Å². The SMILES string of the molecule is COC(=O)NC(CC(C)C)C(=O)NC(Cc1ccc(NS(=O)(=O)O)cc1)c1csc(-c2cccs2)n1. The molecule has 2 aromatic heterocycles. The zero-order chi connectivity index (χ0) is 26.3. The Labute approximate surface area is 218 Å². The fourth-order valence-electron chi connectivity index (χ4n) is 3.46. The van der Waals surface area contributed by atoms with Crippen LogP contribution in [0.2, 0.25) is 0 Å². The van der Waals surface area contributed by atoms with E-state index in [-0.39, 0.29) is 17.5 Å². The van der Waals surface area contributed by atoms with Crippen molar-refractivity contribution >= 4 is 50.7 Å². The lowest BCUT2D eigenvalue weighted by Crippen LogP contribution is -2.48. The van der Waals surface area contributed by atoms with E-state index in [1.54, 1.807) is 23.5 Å². The van der Waals surface area contributed by atoms with E-state index in [4.69, 9.17) is 9.54 Å². The summed E-state index contributed by atoms with van der Waals surface area (Å²) in [6, 6.07) is 9.02. The number of thiazole rings is 1. The van der Waals surface area contributed by atoms with Crippen molar-refractivity contribution in [3.63, 3.8) is 0 Å². The number of benzene rings is 1. The number of thiophene rings is 1. The monoisotopic (exact) mass is 552 g/mol. The zero-order valence-electron chi connectivity index (χ0n) is 19.9. The standard InChI is InChI=1S/C23H28N4O6S3/c1-14(2)11-18(26-23(29)33-3)21(28)24-17(19-13-35-22(25-19)20-5-4-10-34-20)12-15-6-8-16(9-7-15)27-36(30,31)32/h4-10,13-14,17-18,27H,11-12H2,1-3H3,(H,24,28)(H,26,29)(H,30,31,32). The first-order chi connectivity index (χ1) is 17.0. The van der Waals surface area contributed by atoms with Crippen molar-refractivity contribution in [2.45, 2.75) is 38.8 Å². The number of rotatable bonds is 11. The van der Waals surface area contributed by atoms with Gasteiger partial charge in [0, 0.05) is 5.38 Å². The summed E-state index contributed by atoms with van der Waals surface area (Å²) in [7, 11) is -3.14. The van der Waals surface area contributed by atoms with E-state index in [2.05, 4.69) is 15.4 Å². The Bertz CT molecular complexity index is 1260. The van der Waals surface area contributed by atoms with Crippen molar-refractivity contribution in [3.05, 3.63) is 58.4 Å². The second-order valence-electron chi connectivity index (χ2n) is 8.41. The molecule has 0 fully saturated rings. The number of ether oxygens (including phenoxy) is 1. The average molecular weight is 553 g/mol. The summed E-state index contributed by atoms with van der Waals surface area (Å²) in [5, 5.41) is 10.3. The molecule has 10 nitrogen and oxygen atoms in total. The molecule has 0 aliphatic heterocycles. The van der Waals surface area contributed by atoms with E-state index >= 15 is 0 Å². The van der Waals surface area contributed by atoms with Crippen LogP contribution in [-0.2, 0) is 26.3 Å². The molecule has 0 saturated heterocycles. The third kappa shape index (κ3) is 8.29. The van der Waals surface area contributed by atoms with Crippen LogP contribution in [0, 0.1) is 5.92 Å². The number of methoxy groups -OCH3 is 1. The van der Waals surface area contributed by atoms with Gasteiger partial charge in [0.1, 0.15) is 11.0 Å². The number of carbonyl (C=O) groups is 2. The highest BCUT2D eigenvalue weighted by Crippen LogP contribution is 2.31. The minimum atomic E-state index is -4.38. The third-order valence-corrected chi connectivity index (χ3v) is 7.46. The van der Waals surface area contributed by atoms with Crippen molar-refractivity contribution in [3.8, 4) is 9.88 Å². The van der Waals surface area contributed by atoms with Crippen molar-refractivity contribution in [2.75, 3.05) is 11.8 Å². The molecule has 0 aliphatic rings. The minimum absolute atomic E-state index is 0.143. The van der Waals surface area contributed by atoms with Gasteiger partial charge >= 0.3 is 16.4 Å². The number of amides is 2. The van der Waals surface area contributed by atoms with E-state index in [1.165, 1.54) is 30.6 Å². The number of hydrogen-bond acceptors (Lipinski definition) is 8. The maximum atomic E-state index is 13.2. The number of carbonyl (C=O) groups excluding carboxylic acids is 2. The lowest BCUT2D eigenvalue weighted by Gasteiger charge is -2.23. The van der Waals surface area contributed by atoms with Gasteiger partial charge in [-0.25, -0.2) is 9.78 Å². The number of nitrogens with zero attached hydrogens (tertiary/aromatic N) is 1. The summed E-state index contributed by atoms with van der Waals surface area (Å²) >= 11 is 3.04. The number of anilines is 1. The van der Waals surface area contributed by atoms with Crippen molar-refractivity contribution in [2.24, 2.45) is 5.92 Å². The highest BCUT2D eigenvalue weighted by atomic mass is 32.2. The van der Waals surface area contributed by atoms with Gasteiger partial charge in [0.2, 0.25) is 5.91 Å². The summed E-state index contributed by atoms with van der Waals surface area (Å²) in [6.45, 7) is 3.90. The first-order valence-corrected chi connectivity index (χ1v) is 14.2. The first-order valence-electron chi connectivity index (χ1n) is 11.0. The summed E-state index contributed by atoms with van der Waals surface area (Å²) in [5.41, 5.74) is 1.67. The van der Waals surface area contributed by atoms with Crippen LogP contribution in [0.15, 0.2) is 47.2 Å². The van der Waals surface area contributed by atoms with Crippen LogP contribution >= 0.6 is 22.7 Å². The molecule has 0 aliphatic carbocycles. The molecule has 2 atom stereocenters. The minimum Gasteiger partial charge on any atom is -0.453 e. The summed E-state index contributed by atoms with van der Waals surface area (Å²) in [6.07, 6.45) is 0.0853. The Hall–Kier alpha value is -3.00. The third-order valence-electron chi connectivity index (χ3n) is 5.07. The highest BCUT2D eigenvalue weighted by Gasteiger charge is 2.27. The van der Waals surface area contributed by atoms with Crippen molar-refractivity contribution < 1.29 is 27.3 Å². The molecule has 0 radical (unpaired) electrons. The second kappa shape index (κ2) is 12.3. The Morgan fingerprint density at radius 3 is 2.42 bits per heavy atom. The van der Waals surface area contributed by atoms with Gasteiger partial charge in [-0.05, 0) is 47.9 Å². The Morgan fingerprint density at radius 1 is 1.11 bits per heavy atom. The molecular weight excluding hydrogens is 524 g/mol. The topological polar surface area (TPSA) is 147 Å². The van der Waals surface area contributed by atoms with Crippen LogP contribution in [0.3, 0.4) is 0 Å². The number of hydrogen-bond donors (Lipinski definition) is 4. The van der Waals surface area contributed by atoms with Crippen LogP contribution in [0.25, 0.3) is 9.88 Å². The van der Waals surface area contributed by atoms with Crippen LogP contribution in [0.4, 0.5) is 10.5 Å². The summed E-state index contributed by atoms with van der Waals surface area (Å²) in [4.78, 5) is 30.8. The summed E-state index contributed by atoms with van der Waals surface area (Å²) in [5.74, 6) is -0.224. The first kappa shape index (κ1) is 27.6. The molecule has 0 spiro atoms. The highest BCUT2D eigenvalue weighted by molar-refractivity contribution is 7.87. The Kier molecular flexibility index (Phi) is 9.43. The molecule has 3 aromatic rings. The Balaban J connectivity index is 1.85. The predicted molar refractivity (Wildman–Crippen MR) is 140 cm³/mol. The molecule has 0 saturated carbocycles. The number of aromatic nitrogens is 1. The van der Waals surface area contributed by atoms with E-state index in [0.717, 1.165) is 15.4 Å².